The molecule has 1 aliphatic rings. The smallest absolute Gasteiger partial charge is 0.312 e. The van der Waals surface area contributed by atoms with Gasteiger partial charge < -0.3 is 16.4 Å². The summed E-state index contributed by atoms with van der Waals surface area (Å²) in [5.74, 6) is 3.39. The van der Waals surface area contributed by atoms with Gasteiger partial charge in [0.2, 0.25) is 0 Å². The minimum atomic E-state index is -0.446. The second-order valence-electron chi connectivity index (χ2n) is 3.22. The van der Waals surface area contributed by atoms with Crippen molar-refractivity contribution in [1.29, 1.82) is 0 Å². The zero-order chi connectivity index (χ0) is 9.52. The molecule has 0 aromatic heterocycles. The van der Waals surface area contributed by atoms with E-state index >= 15 is 0 Å². The summed E-state index contributed by atoms with van der Waals surface area (Å²) in [5, 5.41) is 5.84. The van der Waals surface area contributed by atoms with Crippen LogP contribution in [0.2, 0.25) is 0 Å². The van der Waals surface area contributed by atoms with Gasteiger partial charge in [-0.2, -0.15) is 11.8 Å². The molecule has 5 heteroatoms. The Kier molecular flexibility index (Phi) is 5.00. The summed E-state index contributed by atoms with van der Waals surface area (Å²) in [4.78, 5) is 10.3. The van der Waals surface area contributed by atoms with Gasteiger partial charge in [0.1, 0.15) is 0 Å². The largest absolute Gasteiger partial charge is 0.352 e. The minimum Gasteiger partial charge on any atom is -0.352 e. The molecule has 1 heterocycles. The molecule has 2 amide bonds. The van der Waals surface area contributed by atoms with E-state index in [9.17, 15) is 4.79 Å². The molecule has 0 spiro atoms. The third-order valence-electron chi connectivity index (χ3n) is 2.06. The van der Waals surface area contributed by atoms with Crippen LogP contribution in [-0.2, 0) is 0 Å². The lowest BCUT2D eigenvalue weighted by molar-refractivity contribution is 0.249. The Hall–Kier alpha value is -0.420. The van der Waals surface area contributed by atoms with Crippen LogP contribution in [0.3, 0.4) is 0 Å². The van der Waals surface area contributed by atoms with Gasteiger partial charge in [-0.15, -0.1) is 0 Å². The maximum atomic E-state index is 10.3. The number of urea groups is 1. The number of rotatable bonds is 5. The highest BCUT2D eigenvalue weighted by atomic mass is 32.2. The molecule has 0 saturated carbocycles. The van der Waals surface area contributed by atoms with Crippen LogP contribution in [0.15, 0.2) is 0 Å². The van der Waals surface area contributed by atoms with Gasteiger partial charge in [-0.1, -0.05) is 0 Å². The van der Waals surface area contributed by atoms with Crippen molar-refractivity contribution in [1.82, 2.24) is 10.6 Å². The molecule has 1 saturated heterocycles. The van der Waals surface area contributed by atoms with E-state index in [0.29, 0.717) is 6.54 Å². The SMILES string of the molecule is NC(=O)NCCNCC1CCSC1. The average Bonchev–Trinajstić information content (AvgIpc) is 2.55. The average molecular weight is 203 g/mol. The van der Waals surface area contributed by atoms with Crippen LogP contribution < -0.4 is 16.4 Å². The van der Waals surface area contributed by atoms with Gasteiger partial charge in [0.05, 0.1) is 0 Å². The fourth-order valence-corrected chi connectivity index (χ4v) is 2.61. The first-order valence-corrected chi connectivity index (χ1v) is 5.76. The summed E-state index contributed by atoms with van der Waals surface area (Å²) in [6, 6.07) is -0.446. The fourth-order valence-electron chi connectivity index (χ4n) is 1.32. The summed E-state index contributed by atoms with van der Waals surface area (Å²) in [6.45, 7) is 2.49. The van der Waals surface area contributed by atoms with E-state index in [1.54, 1.807) is 0 Å². The van der Waals surface area contributed by atoms with Crippen LogP contribution in [0.5, 0.6) is 0 Å². The van der Waals surface area contributed by atoms with Crippen molar-refractivity contribution in [2.75, 3.05) is 31.1 Å². The van der Waals surface area contributed by atoms with Crippen molar-refractivity contribution in [2.45, 2.75) is 6.42 Å². The van der Waals surface area contributed by atoms with Crippen molar-refractivity contribution in [2.24, 2.45) is 11.7 Å². The number of hydrogen-bond acceptors (Lipinski definition) is 3. The van der Waals surface area contributed by atoms with Crippen LogP contribution in [0.1, 0.15) is 6.42 Å². The highest BCUT2D eigenvalue weighted by molar-refractivity contribution is 7.99. The topological polar surface area (TPSA) is 67.2 Å². The molecular weight excluding hydrogens is 186 g/mol. The molecule has 76 valence electrons. The second-order valence-corrected chi connectivity index (χ2v) is 4.37. The number of carbonyl (C=O) groups is 1. The van der Waals surface area contributed by atoms with Gasteiger partial charge in [-0.3, -0.25) is 0 Å². The number of amides is 2. The first-order chi connectivity index (χ1) is 6.29. The number of thioether (sulfide) groups is 1. The van der Waals surface area contributed by atoms with Gasteiger partial charge in [0.25, 0.3) is 0 Å². The van der Waals surface area contributed by atoms with E-state index in [2.05, 4.69) is 10.6 Å². The molecular formula is C8H17N3OS. The number of nitrogens with one attached hydrogen (secondary N) is 2. The van der Waals surface area contributed by atoms with Crippen LogP contribution in [0.25, 0.3) is 0 Å². The predicted octanol–water partition coefficient (Wildman–Crippen LogP) is -0.00260. The lowest BCUT2D eigenvalue weighted by Crippen LogP contribution is -2.36. The van der Waals surface area contributed by atoms with Crippen LogP contribution >= 0.6 is 11.8 Å². The van der Waals surface area contributed by atoms with E-state index < -0.39 is 6.03 Å². The highest BCUT2D eigenvalue weighted by Crippen LogP contribution is 2.22. The van der Waals surface area contributed by atoms with Crippen molar-refractivity contribution in [3.8, 4) is 0 Å². The molecule has 1 aliphatic heterocycles. The number of nitrogens with two attached hydrogens (primary N) is 1. The summed E-state index contributed by atoms with van der Waals surface area (Å²) >= 11 is 2.02. The van der Waals surface area contributed by atoms with Crippen LogP contribution in [0.4, 0.5) is 4.79 Å². The van der Waals surface area contributed by atoms with Crippen molar-refractivity contribution >= 4 is 17.8 Å². The second kappa shape index (κ2) is 6.10. The molecule has 13 heavy (non-hydrogen) atoms. The van der Waals surface area contributed by atoms with Gasteiger partial charge in [-0.05, 0) is 30.4 Å². The summed E-state index contributed by atoms with van der Waals surface area (Å²) in [7, 11) is 0. The van der Waals surface area contributed by atoms with Crippen molar-refractivity contribution in [3.05, 3.63) is 0 Å². The predicted molar refractivity (Wildman–Crippen MR) is 55.9 cm³/mol. The van der Waals surface area contributed by atoms with E-state index in [1.807, 2.05) is 11.8 Å². The lowest BCUT2D eigenvalue weighted by Gasteiger charge is -2.09. The molecule has 1 rings (SSSR count). The Labute approximate surface area is 83.0 Å². The van der Waals surface area contributed by atoms with Crippen LogP contribution in [-0.4, -0.2) is 37.2 Å². The molecule has 0 aromatic rings. The molecule has 0 bridgehead atoms. The summed E-state index contributed by atoms with van der Waals surface area (Å²) in [6.07, 6.45) is 1.32. The fraction of sp³-hybridized carbons (Fsp3) is 0.875. The standard InChI is InChI=1S/C8H17N3OS/c9-8(12)11-3-2-10-5-7-1-4-13-6-7/h7,10H,1-6H2,(H3,9,11,12). The zero-order valence-corrected chi connectivity index (χ0v) is 8.53. The first-order valence-electron chi connectivity index (χ1n) is 4.61. The van der Waals surface area contributed by atoms with Gasteiger partial charge in [0.15, 0.2) is 0 Å². The Morgan fingerprint density at radius 1 is 1.54 bits per heavy atom. The molecule has 1 fully saturated rings. The Morgan fingerprint density at radius 3 is 3.00 bits per heavy atom. The summed E-state index contributed by atoms with van der Waals surface area (Å²) in [5.41, 5.74) is 4.92. The number of primary amides is 1. The van der Waals surface area contributed by atoms with Gasteiger partial charge in [0, 0.05) is 13.1 Å². The molecule has 0 aliphatic carbocycles. The maximum absolute atomic E-state index is 10.3. The quantitative estimate of drug-likeness (QED) is 0.551. The summed E-state index contributed by atoms with van der Waals surface area (Å²) < 4.78 is 0. The van der Waals surface area contributed by atoms with E-state index in [4.69, 9.17) is 5.73 Å². The lowest BCUT2D eigenvalue weighted by atomic mass is 10.1. The monoisotopic (exact) mass is 203 g/mol. The molecule has 1 atom stereocenters. The Morgan fingerprint density at radius 2 is 2.38 bits per heavy atom. The van der Waals surface area contributed by atoms with Crippen molar-refractivity contribution < 1.29 is 4.79 Å². The van der Waals surface area contributed by atoms with Crippen LogP contribution in [0, 0.1) is 5.92 Å². The number of hydrogen-bond donors (Lipinski definition) is 3. The maximum Gasteiger partial charge on any atom is 0.312 e. The Bertz CT molecular complexity index is 159. The minimum absolute atomic E-state index is 0.446. The molecule has 4 N–H and O–H groups in total. The van der Waals surface area contributed by atoms with E-state index in [-0.39, 0.29) is 0 Å². The molecule has 0 aromatic carbocycles. The third kappa shape index (κ3) is 5.00. The normalized spacial score (nSPS) is 21.7. The highest BCUT2D eigenvalue weighted by Gasteiger charge is 2.14. The van der Waals surface area contributed by atoms with E-state index in [0.717, 1.165) is 19.0 Å². The molecule has 1 unspecified atom stereocenters. The van der Waals surface area contributed by atoms with Gasteiger partial charge >= 0.3 is 6.03 Å². The van der Waals surface area contributed by atoms with Crippen molar-refractivity contribution in [3.63, 3.8) is 0 Å². The first kappa shape index (κ1) is 10.7. The zero-order valence-electron chi connectivity index (χ0n) is 7.71. The number of carbonyl (C=O) groups excluding carboxylic acids is 1. The molecule has 0 radical (unpaired) electrons. The third-order valence-corrected chi connectivity index (χ3v) is 3.29. The molecule has 4 nitrogen and oxygen atoms in total. The Balaban J connectivity index is 1.86. The van der Waals surface area contributed by atoms with E-state index in [1.165, 1.54) is 17.9 Å². The van der Waals surface area contributed by atoms with Gasteiger partial charge in [-0.25, -0.2) is 4.79 Å².